The van der Waals surface area contributed by atoms with Crippen LogP contribution in [-0.4, -0.2) is 49.0 Å². The number of rotatable bonds is 4. The van der Waals surface area contributed by atoms with Crippen LogP contribution in [0.25, 0.3) is 0 Å². The van der Waals surface area contributed by atoms with E-state index in [0.717, 1.165) is 48.7 Å². The number of piperazine rings is 1. The van der Waals surface area contributed by atoms with E-state index < -0.39 is 0 Å². The Hall–Kier alpha value is -2.40. The molecule has 1 aliphatic rings. The monoisotopic (exact) mass is 352 g/mol. The molecule has 0 saturated carbocycles. The predicted molar refractivity (Wildman–Crippen MR) is 107 cm³/mol. The van der Waals surface area contributed by atoms with E-state index in [2.05, 4.69) is 47.1 Å². The van der Waals surface area contributed by atoms with E-state index in [-0.39, 0.29) is 5.91 Å². The van der Waals surface area contributed by atoms with Crippen molar-refractivity contribution in [1.29, 1.82) is 0 Å². The van der Waals surface area contributed by atoms with Gasteiger partial charge in [0.2, 0.25) is 0 Å². The van der Waals surface area contributed by atoms with Crippen molar-refractivity contribution in [3.8, 4) is 0 Å². The summed E-state index contributed by atoms with van der Waals surface area (Å²) in [5, 5.41) is 3.06. The minimum atomic E-state index is -0.161. The average Bonchev–Trinajstić information content (AvgIpc) is 2.64. The molecule has 0 aliphatic carbocycles. The number of likely N-dealkylation sites (N-methyl/N-ethyl adjacent to an activating group) is 1. The molecule has 0 atom stereocenters. The van der Waals surface area contributed by atoms with Gasteiger partial charge in [0.05, 0.1) is 11.9 Å². The van der Waals surface area contributed by atoms with Crippen LogP contribution in [0.3, 0.4) is 0 Å². The highest BCUT2D eigenvalue weighted by Gasteiger charge is 2.17. The maximum Gasteiger partial charge on any atom is 0.274 e. The smallest absolute Gasteiger partial charge is 0.274 e. The van der Waals surface area contributed by atoms with Crippen LogP contribution in [0.2, 0.25) is 0 Å². The molecule has 1 aromatic heterocycles. The Morgan fingerprint density at radius 3 is 2.46 bits per heavy atom. The summed E-state index contributed by atoms with van der Waals surface area (Å²) in [5.41, 5.74) is 4.64. The fraction of sp³-hybridized carbons (Fsp3) is 0.429. The van der Waals surface area contributed by atoms with Gasteiger partial charge in [-0.05, 0) is 43.1 Å². The van der Waals surface area contributed by atoms with E-state index in [4.69, 9.17) is 0 Å². The van der Waals surface area contributed by atoms with Crippen LogP contribution < -0.4 is 10.2 Å². The molecular weight excluding hydrogens is 324 g/mol. The Morgan fingerprint density at radius 2 is 1.85 bits per heavy atom. The number of para-hydroxylation sites is 1. The normalized spacial score (nSPS) is 15.3. The number of amides is 1. The van der Waals surface area contributed by atoms with E-state index in [9.17, 15) is 4.79 Å². The summed E-state index contributed by atoms with van der Waals surface area (Å²) in [6, 6.07) is 9.93. The SMILES string of the molecule is Cc1cccc(C(C)C)c1NC(=O)c1ccc(N2CCN(C)CC2)cn1. The molecule has 0 bridgehead atoms. The molecule has 1 aromatic carbocycles. The number of benzene rings is 1. The van der Waals surface area contributed by atoms with Crippen LogP contribution >= 0.6 is 0 Å². The second kappa shape index (κ2) is 7.87. The summed E-state index contributed by atoms with van der Waals surface area (Å²) in [4.78, 5) is 21.7. The molecule has 1 fully saturated rings. The molecule has 26 heavy (non-hydrogen) atoms. The van der Waals surface area contributed by atoms with Crippen molar-refractivity contribution < 1.29 is 4.79 Å². The number of pyridine rings is 1. The molecule has 138 valence electrons. The zero-order valence-electron chi connectivity index (χ0n) is 16.1. The Kier molecular flexibility index (Phi) is 5.57. The van der Waals surface area contributed by atoms with Gasteiger partial charge in [-0.15, -0.1) is 0 Å². The van der Waals surface area contributed by atoms with Crippen LogP contribution in [0.1, 0.15) is 41.4 Å². The van der Waals surface area contributed by atoms with Crippen molar-refractivity contribution in [2.45, 2.75) is 26.7 Å². The predicted octanol–water partition coefficient (Wildman–Crippen LogP) is 3.52. The summed E-state index contributed by atoms with van der Waals surface area (Å²) < 4.78 is 0. The van der Waals surface area contributed by atoms with E-state index in [0.29, 0.717) is 11.6 Å². The molecule has 1 N–H and O–H groups in total. The van der Waals surface area contributed by atoms with E-state index in [1.165, 1.54) is 0 Å². The first kappa shape index (κ1) is 18.4. The van der Waals surface area contributed by atoms with Crippen LogP contribution in [-0.2, 0) is 0 Å². The largest absolute Gasteiger partial charge is 0.368 e. The summed E-state index contributed by atoms with van der Waals surface area (Å²) in [5.74, 6) is 0.184. The maximum atomic E-state index is 12.7. The first-order chi connectivity index (χ1) is 12.5. The first-order valence-corrected chi connectivity index (χ1v) is 9.26. The minimum Gasteiger partial charge on any atom is -0.368 e. The Balaban J connectivity index is 1.73. The highest BCUT2D eigenvalue weighted by Crippen LogP contribution is 2.27. The number of aromatic nitrogens is 1. The Morgan fingerprint density at radius 1 is 1.12 bits per heavy atom. The maximum absolute atomic E-state index is 12.7. The van der Waals surface area contributed by atoms with Gasteiger partial charge < -0.3 is 15.1 Å². The number of aryl methyl sites for hydroxylation is 1. The number of anilines is 2. The second-order valence-electron chi connectivity index (χ2n) is 7.34. The van der Waals surface area contributed by atoms with Crippen molar-refractivity contribution >= 4 is 17.3 Å². The summed E-state index contributed by atoms with van der Waals surface area (Å²) in [7, 11) is 2.14. The number of carbonyl (C=O) groups is 1. The molecule has 0 spiro atoms. The average molecular weight is 352 g/mol. The summed E-state index contributed by atoms with van der Waals surface area (Å²) in [6.45, 7) is 10.4. The van der Waals surface area contributed by atoms with Crippen molar-refractivity contribution in [2.24, 2.45) is 0 Å². The highest BCUT2D eigenvalue weighted by atomic mass is 16.1. The lowest BCUT2D eigenvalue weighted by molar-refractivity contribution is 0.102. The lowest BCUT2D eigenvalue weighted by atomic mass is 9.98. The van der Waals surface area contributed by atoms with Gasteiger partial charge >= 0.3 is 0 Å². The fourth-order valence-corrected chi connectivity index (χ4v) is 3.29. The zero-order valence-corrected chi connectivity index (χ0v) is 16.1. The van der Waals surface area contributed by atoms with Gasteiger partial charge in [-0.1, -0.05) is 32.0 Å². The fourth-order valence-electron chi connectivity index (χ4n) is 3.29. The van der Waals surface area contributed by atoms with E-state index in [1.807, 2.05) is 31.2 Å². The van der Waals surface area contributed by atoms with Crippen molar-refractivity contribution in [2.75, 3.05) is 43.4 Å². The molecule has 3 rings (SSSR count). The molecular formula is C21H28N4O. The van der Waals surface area contributed by atoms with Gasteiger partial charge in [0.25, 0.3) is 5.91 Å². The third-order valence-electron chi connectivity index (χ3n) is 5.01. The topological polar surface area (TPSA) is 48.5 Å². The molecule has 0 radical (unpaired) electrons. The van der Waals surface area contributed by atoms with Gasteiger partial charge in [0.15, 0.2) is 0 Å². The standard InChI is InChI=1S/C21H28N4O/c1-15(2)18-7-5-6-16(3)20(18)23-21(26)19-9-8-17(14-22-19)25-12-10-24(4)11-13-25/h5-9,14-15H,10-13H2,1-4H3,(H,23,26). The van der Waals surface area contributed by atoms with Gasteiger partial charge in [0, 0.05) is 31.9 Å². The molecule has 2 aromatic rings. The first-order valence-electron chi connectivity index (χ1n) is 9.26. The molecule has 5 nitrogen and oxygen atoms in total. The molecule has 1 saturated heterocycles. The van der Waals surface area contributed by atoms with Crippen LogP contribution in [0.5, 0.6) is 0 Å². The number of hydrogen-bond acceptors (Lipinski definition) is 4. The van der Waals surface area contributed by atoms with E-state index >= 15 is 0 Å². The number of hydrogen-bond donors (Lipinski definition) is 1. The van der Waals surface area contributed by atoms with Gasteiger partial charge in [-0.2, -0.15) is 0 Å². The molecule has 1 aliphatic heterocycles. The van der Waals surface area contributed by atoms with Crippen molar-refractivity contribution in [3.63, 3.8) is 0 Å². The Bertz CT molecular complexity index is 762. The summed E-state index contributed by atoms with van der Waals surface area (Å²) in [6.07, 6.45) is 1.81. The third-order valence-corrected chi connectivity index (χ3v) is 5.01. The minimum absolute atomic E-state index is 0.161. The lowest BCUT2D eigenvalue weighted by Crippen LogP contribution is -2.44. The quantitative estimate of drug-likeness (QED) is 0.915. The van der Waals surface area contributed by atoms with Crippen molar-refractivity contribution in [3.05, 3.63) is 53.3 Å². The zero-order chi connectivity index (χ0) is 18.7. The van der Waals surface area contributed by atoms with Crippen molar-refractivity contribution in [1.82, 2.24) is 9.88 Å². The molecule has 0 unspecified atom stereocenters. The highest BCUT2D eigenvalue weighted by molar-refractivity contribution is 6.03. The van der Waals surface area contributed by atoms with E-state index in [1.54, 1.807) is 6.20 Å². The van der Waals surface area contributed by atoms with Crippen LogP contribution in [0, 0.1) is 6.92 Å². The number of nitrogens with one attached hydrogen (secondary N) is 1. The lowest BCUT2D eigenvalue weighted by Gasteiger charge is -2.33. The second-order valence-corrected chi connectivity index (χ2v) is 7.34. The van der Waals surface area contributed by atoms with Crippen LogP contribution in [0.4, 0.5) is 11.4 Å². The third kappa shape index (κ3) is 4.05. The molecule has 2 heterocycles. The van der Waals surface area contributed by atoms with Gasteiger partial charge in [0.1, 0.15) is 5.69 Å². The number of nitrogens with zero attached hydrogens (tertiary/aromatic N) is 3. The Labute approximate surface area is 156 Å². The van der Waals surface area contributed by atoms with Crippen LogP contribution in [0.15, 0.2) is 36.5 Å². The summed E-state index contributed by atoms with van der Waals surface area (Å²) >= 11 is 0. The molecule has 5 heteroatoms. The number of carbonyl (C=O) groups excluding carboxylic acids is 1. The molecule has 1 amide bonds. The van der Waals surface area contributed by atoms with Gasteiger partial charge in [-0.25, -0.2) is 4.98 Å². The van der Waals surface area contributed by atoms with Gasteiger partial charge in [-0.3, -0.25) is 4.79 Å².